The lowest BCUT2D eigenvalue weighted by Crippen LogP contribution is -2.26. The van der Waals surface area contributed by atoms with Crippen molar-refractivity contribution in [2.75, 3.05) is 11.3 Å². The van der Waals surface area contributed by atoms with E-state index in [1.165, 1.54) is 42.5 Å². The van der Waals surface area contributed by atoms with Crippen molar-refractivity contribution in [3.63, 3.8) is 0 Å². The minimum atomic E-state index is -4.10. The van der Waals surface area contributed by atoms with Gasteiger partial charge in [-0.25, -0.2) is 12.8 Å². The largest absolute Gasteiger partial charge is 0.490 e. The van der Waals surface area contributed by atoms with Crippen LogP contribution in [0.25, 0.3) is 11.0 Å². The van der Waals surface area contributed by atoms with Crippen LogP contribution in [-0.4, -0.2) is 20.9 Å². The van der Waals surface area contributed by atoms with Gasteiger partial charge in [-0.15, -0.1) is 0 Å². The van der Waals surface area contributed by atoms with Crippen molar-refractivity contribution >= 4 is 32.6 Å². The van der Waals surface area contributed by atoms with E-state index in [0.29, 0.717) is 23.7 Å². The molecule has 0 fully saturated rings. The topological polar surface area (TPSA) is 97.6 Å². The first-order valence-corrected chi connectivity index (χ1v) is 12.1. The third kappa shape index (κ3) is 4.89. The second kappa shape index (κ2) is 9.56. The summed E-state index contributed by atoms with van der Waals surface area (Å²) in [5, 5.41) is 3.66. The lowest BCUT2D eigenvalue weighted by molar-refractivity contribution is 0.0935. The Bertz CT molecular complexity index is 1450. The van der Waals surface area contributed by atoms with E-state index in [0.717, 1.165) is 11.5 Å². The zero-order valence-electron chi connectivity index (χ0n) is 18.5. The van der Waals surface area contributed by atoms with E-state index in [1.807, 2.05) is 31.2 Å². The number of nitrogens with one attached hydrogen (secondary N) is 2. The predicted octanol–water partition coefficient (Wildman–Crippen LogP) is 5.26. The molecule has 0 radical (unpaired) electrons. The van der Waals surface area contributed by atoms with Crippen molar-refractivity contribution in [2.24, 2.45) is 0 Å². The number of hydrogen-bond donors (Lipinski definition) is 2. The van der Waals surface area contributed by atoms with Crippen molar-refractivity contribution in [1.82, 2.24) is 5.32 Å². The Hall–Kier alpha value is -3.85. The summed E-state index contributed by atoms with van der Waals surface area (Å²) in [6, 6.07) is 17.8. The van der Waals surface area contributed by atoms with Crippen LogP contribution in [0.1, 0.15) is 36.0 Å². The number of carbonyl (C=O) groups is 1. The molecule has 7 nitrogen and oxygen atoms in total. The molecule has 1 unspecified atom stereocenters. The number of para-hydroxylation sites is 2. The molecule has 1 aromatic heterocycles. The van der Waals surface area contributed by atoms with Crippen molar-refractivity contribution in [1.29, 1.82) is 0 Å². The molecule has 0 saturated heterocycles. The molecule has 1 amide bonds. The summed E-state index contributed by atoms with van der Waals surface area (Å²) in [5.74, 6) is -0.0430. The van der Waals surface area contributed by atoms with Crippen LogP contribution >= 0.6 is 0 Å². The highest BCUT2D eigenvalue weighted by atomic mass is 32.2. The van der Waals surface area contributed by atoms with Crippen LogP contribution < -0.4 is 14.8 Å². The van der Waals surface area contributed by atoms with Crippen LogP contribution in [0.4, 0.5) is 10.1 Å². The average molecular weight is 483 g/mol. The maximum Gasteiger partial charge on any atom is 0.262 e. The maximum atomic E-state index is 13.9. The SMILES string of the molecule is CCOc1cccc2cc(C(C)NC(=O)c3cccc(S(=O)(=O)Nc4ccccc4F)c3)oc12. The zero-order chi connectivity index (χ0) is 24.3. The number of fused-ring (bicyclic) bond motifs is 1. The Labute approximate surface area is 196 Å². The second-order valence-electron chi connectivity index (χ2n) is 7.56. The quantitative estimate of drug-likeness (QED) is 0.357. The van der Waals surface area contributed by atoms with Crippen LogP contribution in [0.5, 0.6) is 5.75 Å². The predicted molar refractivity (Wildman–Crippen MR) is 127 cm³/mol. The van der Waals surface area contributed by atoms with Crippen LogP contribution in [-0.2, 0) is 10.0 Å². The molecule has 4 rings (SSSR count). The van der Waals surface area contributed by atoms with E-state index in [2.05, 4.69) is 10.0 Å². The minimum Gasteiger partial charge on any atom is -0.490 e. The maximum absolute atomic E-state index is 13.9. The molecule has 0 aliphatic rings. The lowest BCUT2D eigenvalue weighted by Gasteiger charge is -2.13. The highest BCUT2D eigenvalue weighted by molar-refractivity contribution is 7.92. The molecule has 9 heteroatoms. The van der Waals surface area contributed by atoms with Gasteiger partial charge in [0.25, 0.3) is 15.9 Å². The van der Waals surface area contributed by atoms with Crippen LogP contribution in [0.3, 0.4) is 0 Å². The molecule has 176 valence electrons. The zero-order valence-corrected chi connectivity index (χ0v) is 19.4. The fourth-order valence-corrected chi connectivity index (χ4v) is 4.55. The van der Waals surface area contributed by atoms with Gasteiger partial charge in [0.05, 0.1) is 23.2 Å². The molecular formula is C25H23FN2O5S. The third-order valence-corrected chi connectivity index (χ3v) is 6.49. The van der Waals surface area contributed by atoms with Gasteiger partial charge in [-0.1, -0.05) is 30.3 Å². The Kier molecular flexibility index (Phi) is 6.56. The number of benzene rings is 3. The summed E-state index contributed by atoms with van der Waals surface area (Å²) in [7, 11) is -4.10. The number of sulfonamides is 1. The summed E-state index contributed by atoms with van der Waals surface area (Å²) in [6.07, 6.45) is 0. The normalized spacial score (nSPS) is 12.3. The summed E-state index contributed by atoms with van der Waals surface area (Å²) in [6.45, 7) is 4.13. The van der Waals surface area contributed by atoms with Crippen molar-refractivity contribution in [2.45, 2.75) is 24.8 Å². The van der Waals surface area contributed by atoms with Crippen molar-refractivity contribution < 1.29 is 26.8 Å². The highest BCUT2D eigenvalue weighted by Crippen LogP contribution is 2.31. The minimum absolute atomic E-state index is 0.134. The van der Waals surface area contributed by atoms with E-state index in [1.54, 1.807) is 6.92 Å². The van der Waals surface area contributed by atoms with Gasteiger partial charge in [0.1, 0.15) is 11.6 Å². The lowest BCUT2D eigenvalue weighted by atomic mass is 10.1. The van der Waals surface area contributed by atoms with Gasteiger partial charge in [-0.2, -0.15) is 0 Å². The molecule has 4 aromatic rings. The summed E-state index contributed by atoms with van der Waals surface area (Å²) < 4.78 is 53.0. The third-order valence-electron chi connectivity index (χ3n) is 5.13. The van der Waals surface area contributed by atoms with Crippen molar-refractivity contribution in [3.8, 4) is 5.75 Å². The van der Waals surface area contributed by atoms with E-state index in [4.69, 9.17) is 9.15 Å². The number of carbonyl (C=O) groups excluding carboxylic acids is 1. The molecule has 0 bridgehead atoms. The van der Waals surface area contributed by atoms with Crippen LogP contribution in [0.15, 0.2) is 82.1 Å². The van der Waals surface area contributed by atoms with Crippen LogP contribution in [0.2, 0.25) is 0 Å². The number of halogens is 1. The monoisotopic (exact) mass is 482 g/mol. The van der Waals surface area contributed by atoms with E-state index in [-0.39, 0.29) is 16.1 Å². The summed E-state index contributed by atoms with van der Waals surface area (Å²) >= 11 is 0. The molecular weight excluding hydrogens is 459 g/mol. The molecule has 1 atom stereocenters. The van der Waals surface area contributed by atoms with E-state index in [9.17, 15) is 17.6 Å². The number of amides is 1. The molecule has 1 heterocycles. The van der Waals surface area contributed by atoms with Gasteiger partial charge in [-0.3, -0.25) is 9.52 Å². The van der Waals surface area contributed by atoms with Gasteiger partial charge >= 0.3 is 0 Å². The van der Waals surface area contributed by atoms with E-state index >= 15 is 0 Å². The first kappa shape index (κ1) is 23.3. The summed E-state index contributed by atoms with van der Waals surface area (Å²) in [5.41, 5.74) is 0.546. The van der Waals surface area contributed by atoms with Gasteiger partial charge in [-0.05, 0) is 56.3 Å². The molecule has 0 aliphatic carbocycles. The van der Waals surface area contributed by atoms with Gasteiger partial charge in [0.15, 0.2) is 11.3 Å². The molecule has 2 N–H and O–H groups in total. The molecule has 0 aliphatic heterocycles. The standard InChI is InChI=1S/C25H23FN2O5S/c1-3-32-22-13-7-8-17-15-23(33-24(17)22)16(2)27-25(29)18-9-6-10-19(14-18)34(30,31)28-21-12-5-4-11-20(21)26/h4-16,28H,3H2,1-2H3,(H,27,29). The molecule has 0 spiro atoms. The first-order chi connectivity index (χ1) is 16.3. The fourth-order valence-electron chi connectivity index (χ4n) is 3.44. The molecule has 3 aromatic carbocycles. The van der Waals surface area contributed by atoms with Crippen LogP contribution in [0, 0.1) is 5.82 Å². The smallest absolute Gasteiger partial charge is 0.262 e. The molecule has 0 saturated carbocycles. The summed E-state index contributed by atoms with van der Waals surface area (Å²) in [4.78, 5) is 12.7. The fraction of sp³-hybridized carbons (Fsp3) is 0.160. The molecule has 34 heavy (non-hydrogen) atoms. The second-order valence-corrected chi connectivity index (χ2v) is 9.25. The number of hydrogen-bond acceptors (Lipinski definition) is 5. The number of ether oxygens (including phenoxy) is 1. The first-order valence-electron chi connectivity index (χ1n) is 10.6. The van der Waals surface area contributed by atoms with E-state index < -0.39 is 27.8 Å². The Morgan fingerprint density at radius 3 is 2.59 bits per heavy atom. The van der Waals surface area contributed by atoms with Gasteiger partial charge in [0, 0.05) is 10.9 Å². The number of anilines is 1. The van der Waals surface area contributed by atoms with Gasteiger partial charge in [0.2, 0.25) is 0 Å². The Morgan fingerprint density at radius 1 is 1.06 bits per heavy atom. The number of rotatable bonds is 8. The average Bonchev–Trinajstić information content (AvgIpc) is 3.26. The Morgan fingerprint density at radius 2 is 1.82 bits per heavy atom. The van der Waals surface area contributed by atoms with Gasteiger partial charge < -0.3 is 14.5 Å². The number of furan rings is 1. The Balaban J connectivity index is 1.53. The highest BCUT2D eigenvalue weighted by Gasteiger charge is 2.20. The van der Waals surface area contributed by atoms with Crippen molar-refractivity contribution in [3.05, 3.63) is 89.9 Å².